The van der Waals surface area contributed by atoms with Crippen LogP contribution in [0.1, 0.15) is 28.8 Å². The van der Waals surface area contributed by atoms with Gasteiger partial charge < -0.3 is 19.6 Å². The first-order valence-corrected chi connectivity index (χ1v) is 11.6. The first-order valence-electron chi connectivity index (χ1n) is 11.6. The molecule has 1 atom stereocenters. The summed E-state index contributed by atoms with van der Waals surface area (Å²) in [7, 11) is 0. The summed E-state index contributed by atoms with van der Waals surface area (Å²) in [4.78, 5) is 26.2. The normalized spacial score (nSPS) is 20.5. The number of anilines is 2. The van der Waals surface area contributed by atoms with E-state index in [1.165, 1.54) is 11.6 Å². The summed E-state index contributed by atoms with van der Waals surface area (Å²) in [6, 6.07) is 12.5. The van der Waals surface area contributed by atoms with Crippen LogP contribution >= 0.6 is 0 Å². The molecular weight excluding hydrogens is 435 g/mol. The number of aliphatic hydroxyl groups is 1. The minimum Gasteiger partial charge on any atom is -0.394 e. The molecule has 3 aromatic rings. The van der Waals surface area contributed by atoms with Crippen LogP contribution in [0.15, 0.2) is 54.9 Å². The highest BCUT2D eigenvalue weighted by Crippen LogP contribution is 2.57. The number of morpholine rings is 1. The van der Waals surface area contributed by atoms with Gasteiger partial charge in [0, 0.05) is 59.8 Å². The Morgan fingerprint density at radius 3 is 2.71 bits per heavy atom. The molecule has 0 radical (unpaired) electrons. The van der Waals surface area contributed by atoms with E-state index < -0.39 is 0 Å². The Labute approximate surface area is 196 Å². The van der Waals surface area contributed by atoms with Crippen LogP contribution in [0.2, 0.25) is 0 Å². The molecule has 6 rings (SSSR count). The lowest BCUT2D eigenvalue weighted by molar-refractivity contribution is -0.0447. The molecule has 2 fully saturated rings. The molecule has 0 bridgehead atoms. The third kappa shape index (κ3) is 3.54. The Kier molecular flexibility index (Phi) is 5.08. The standard InChI is InChI=1S/C26H25FN4O3/c27-22-4-2-1-3-20(22)18-12-28-25(29-13-18)31-16-26(7-8-26)21-6-5-17(11-23(21)31)24(33)30-9-10-34-19(14-30)15-32/h1-6,11-13,19,32H,7-10,14-16H2/t19-/m0/s1. The van der Waals surface area contributed by atoms with E-state index in [2.05, 4.69) is 20.9 Å². The predicted molar refractivity (Wildman–Crippen MR) is 125 cm³/mol. The van der Waals surface area contributed by atoms with E-state index in [0.29, 0.717) is 42.3 Å². The zero-order valence-corrected chi connectivity index (χ0v) is 18.7. The molecule has 7 nitrogen and oxygen atoms in total. The number of nitrogens with zero attached hydrogens (tertiary/aromatic N) is 4. The maximum absolute atomic E-state index is 14.2. The van der Waals surface area contributed by atoms with E-state index in [-0.39, 0.29) is 29.9 Å². The van der Waals surface area contributed by atoms with E-state index in [1.54, 1.807) is 35.5 Å². The molecule has 0 unspecified atom stereocenters. The number of aliphatic hydroxyl groups excluding tert-OH is 1. The van der Waals surface area contributed by atoms with Gasteiger partial charge in [-0.2, -0.15) is 0 Å². The monoisotopic (exact) mass is 460 g/mol. The van der Waals surface area contributed by atoms with Gasteiger partial charge in [-0.05, 0) is 36.6 Å². The van der Waals surface area contributed by atoms with E-state index in [1.807, 2.05) is 12.1 Å². The summed E-state index contributed by atoms with van der Waals surface area (Å²) < 4.78 is 19.7. The molecule has 1 N–H and O–H groups in total. The van der Waals surface area contributed by atoms with Crippen molar-refractivity contribution in [2.24, 2.45) is 0 Å². The molecule has 1 saturated carbocycles. The number of ether oxygens (including phenoxy) is 1. The Balaban J connectivity index is 1.31. The molecule has 1 aromatic heterocycles. The van der Waals surface area contributed by atoms with E-state index in [0.717, 1.165) is 25.1 Å². The van der Waals surface area contributed by atoms with Crippen LogP contribution in [-0.2, 0) is 10.2 Å². The van der Waals surface area contributed by atoms with Gasteiger partial charge in [0.05, 0.1) is 19.3 Å². The average Bonchev–Trinajstić information content (AvgIpc) is 3.60. The summed E-state index contributed by atoms with van der Waals surface area (Å²) in [6.45, 7) is 1.95. The van der Waals surface area contributed by atoms with Gasteiger partial charge in [0.2, 0.25) is 5.95 Å². The van der Waals surface area contributed by atoms with Gasteiger partial charge in [0.15, 0.2) is 0 Å². The zero-order valence-electron chi connectivity index (χ0n) is 18.7. The molecule has 2 aliphatic heterocycles. The molecule has 3 heterocycles. The van der Waals surface area contributed by atoms with Gasteiger partial charge in [-0.25, -0.2) is 14.4 Å². The van der Waals surface area contributed by atoms with Gasteiger partial charge in [0.1, 0.15) is 5.82 Å². The number of carbonyl (C=O) groups is 1. The smallest absolute Gasteiger partial charge is 0.254 e. The van der Waals surface area contributed by atoms with Crippen LogP contribution in [0.5, 0.6) is 0 Å². The van der Waals surface area contributed by atoms with Crippen molar-refractivity contribution in [1.29, 1.82) is 0 Å². The van der Waals surface area contributed by atoms with Crippen molar-refractivity contribution in [2.75, 3.05) is 37.7 Å². The van der Waals surface area contributed by atoms with Crippen LogP contribution < -0.4 is 4.90 Å². The lowest BCUT2D eigenvalue weighted by Gasteiger charge is -2.32. The molecule has 8 heteroatoms. The number of aromatic nitrogens is 2. The van der Waals surface area contributed by atoms with Crippen molar-refractivity contribution in [1.82, 2.24) is 14.9 Å². The molecule has 1 spiro atoms. The lowest BCUT2D eigenvalue weighted by atomic mass is 9.97. The molecule has 174 valence electrons. The van der Waals surface area contributed by atoms with Crippen LogP contribution in [0.25, 0.3) is 11.1 Å². The van der Waals surface area contributed by atoms with Crippen molar-refractivity contribution >= 4 is 17.5 Å². The molecule has 3 aliphatic rings. The van der Waals surface area contributed by atoms with Crippen LogP contribution in [-0.4, -0.2) is 64.8 Å². The number of fused-ring (bicyclic) bond motifs is 2. The third-order valence-corrected chi connectivity index (χ3v) is 7.12. The van der Waals surface area contributed by atoms with E-state index >= 15 is 0 Å². The number of hydrogen-bond donors (Lipinski definition) is 1. The fourth-order valence-corrected chi connectivity index (χ4v) is 5.06. The molecule has 1 amide bonds. The van der Waals surface area contributed by atoms with Crippen LogP contribution in [0.4, 0.5) is 16.0 Å². The first kappa shape index (κ1) is 21.2. The Bertz CT molecular complexity index is 1250. The number of hydrogen-bond acceptors (Lipinski definition) is 6. The summed E-state index contributed by atoms with van der Waals surface area (Å²) in [6.07, 6.45) is 5.14. The second-order valence-electron chi connectivity index (χ2n) is 9.28. The van der Waals surface area contributed by atoms with Crippen molar-refractivity contribution in [3.8, 4) is 11.1 Å². The van der Waals surface area contributed by atoms with Crippen molar-refractivity contribution < 1.29 is 19.0 Å². The molecule has 1 aliphatic carbocycles. The highest BCUT2D eigenvalue weighted by molar-refractivity contribution is 5.96. The minimum atomic E-state index is -0.347. The highest BCUT2D eigenvalue weighted by Gasteiger charge is 2.52. The summed E-state index contributed by atoms with van der Waals surface area (Å²) >= 11 is 0. The maximum atomic E-state index is 14.2. The second kappa shape index (κ2) is 8.14. The molecule has 1 saturated heterocycles. The van der Waals surface area contributed by atoms with E-state index in [9.17, 15) is 14.3 Å². The summed E-state index contributed by atoms with van der Waals surface area (Å²) in [5.41, 5.74) is 3.95. The number of halogens is 1. The summed E-state index contributed by atoms with van der Waals surface area (Å²) in [5.74, 6) is 0.163. The zero-order chi connectivity index (χ0) is 23.3. The van der Waals surface area contributed by atoms with Gasteiger partial charge in [-0.1, -0.05) is 24.3 Å². The molecule has 34 heavy (non-hydrogen) atoms. The van der Waals surface area contributed by atoms with E-state index in [4.69, 9.17) is 4.74 Å². The van der Waals surface area contributed by atoms with Gasteiger partial charge in [0.25, 0.3) is 5.91 Å². The van der Waals surface area contributed by atoms with Crippen LogP contribution in [0.3, 0.4) is 0 Å². The quantitative estimate of drug-likeness (QED) is 0.644. The number of carbonyl (C=O) groups excluding carboxylic acids is 1. The SMILES string of the molecule is O=C(c1ccc2c(c1)N(c1ncc(-c3ccccc3F)cn1)CC21CC1)N1CCO[C@H](CO)C1. The minimum absolute atomic E-state index is 0.0722. The third-order valence-electron chi connectivity index (χ3n) is 7.12. The fourth-order valence-electron chi connectivity index (χ4n) is 5.06. The predicted octanol–water partition coefficient (Wildman–Crippen LogP) is 3.30. The Hall–Kier alpha value is -3.36. The van der Waals surface area contributed by atoms with Gasteiger partial charge >= 0.3 is 0 Å². The second-order valence-corrected chi connectivity index (χ2v) is 9.28. The first-order chi connectivity index (χ1) is 16.6. The fraction of sp³-hybridized carbons (Fsp3) is 0.346. The summed E-state index contributed by atoms with van der Waals surface area (Å²) in [5, 5.41) is 9.42. The molecular formula is C26H25FN4O3. The van der Waals surface area contributed by atoms with Crippen molar-refractivity contribution in [2.45, 2.75) is 24.4 Å². The van der Waals surface area contributed by atoms with Crippen LogP contribution in [0, 0.1) is 5.82 Å². The van der Waals surface area contributed by atoms with Crippen molar-refractivity contribution in [3.63, 3.8) is 0 Å². The lowest BCUT2D eigenvalue weighted by Crippen LogP contribution is -2.46. The highest BCUT2D eigenvalue weighted by atomic mass is 19.1. The number of benzene rings is 2. The Morgan fingerprint density at radius 2 is 1.97 bits per heavy atom. The Morgan fingerprint density at radius 1 is 1.18 bits per heavy atom. The number of amides is 1. The average molecular weight is 461 g/mol. The molecule has 2 aromatic carbocycles. The largest absolute Gasteiger partial charge is 0.394 e. The van der Waals surface area contributed by atoms with Gasteiger partial charge in [-0.15, -0.1) is 0 Å². The van der Waals surface area contributed by atoms with Crippen molar-refractivity contribution in [3.05, 3.63) is 71.8 Å². The maximum Gasteiger partial charge on any atom is 0.254 e. The van der Waals surface area contributed by atoms with Gasteiger partial charge in [-0.3, -0.25) is 4.79 Å². The number of rotatable bonds is 4. The topological polar surface area (TPSA) is 78.8 Å².